The van der Waals surface area contributed by atoms with Crippen molar-refractivity contribution in [1.29, 1.82) is 0 Å². The van der Waals surface area contributed by atoms with Gasteiger partial charge in [0.15, 0.2) is 9.84 Å². The molecule has 0 bridgehead atoms. The first-order valence-electron chi connectivity index (χ1n) is 5.98. The number of halogens is 1. The number of hydrogen-bond donors (Lipinski definition) is 2. The van der Waals surface area contributed by atoms with Gasteiger partial charge in [-0.25, -0.2) is 21.2 Å². The Bertz CT molecular complexity index is 761. The number of carbonyl (C=O) groups excluding carboxylic acids is 1. The molecule has 1 aliphatic rings. The number of rotatable bonds is 4. The molecule has 21 heavy (non-hydrogen) atoms. The maximum absolute atomic E-state index is 13.4. The van der Waals surface area contributed by atoms with Gasteiger partial charge in [-0.2, -0.15) is 0 Å². The standard InChI is InChI=1S/C11H13FN2O5S2/c12-9-3-1-2-4-10(9)21(18,19)14-13-11(15)8-5-6-20(16,17)7-8/h1-4,8,14H,5-7H2,(H,13,15)/t8-/m0/s1. The fraction of sp³-hybridized carbons (Fsp3) is 0.364. The minimum Gasteiger partial charge on any atom is -0.277 e. The van der Waals surface area contributed by atoms with Crippen LogP contribution in [-0.4, -0.2) is 34.2 Å². The lowest BCUT2D eigenvalue weighted by Gasteiger charge is -2.11. The first-order chi connectivity index (χ1) is 9.71. The molecule has 1 fully saturated rings. The van der Waals surface area contributed by atoms with Crippen molar-refractivity contribution in [2.75, 3.05) is 11.5 Å². The van der Waals surface area contributed by atoms with Gasteiger partial charge in [0.25, 0.3) is 10.0 Å². The zero-order valence-electron chi connectivity index (χ0n) is 10.7. The molecule has 1 amide bonds. The van der Waals surface area contributed by atoms with Gasteiger partial charge in [-0.3, -0.25) is 10.2 Å². The lowest BCUT2D eigenvalue weighted by atomic mass is 10.1. The Morgan fingerprint density at radius 3 is 2.52 bits per heavy atom. The Labute approximate surface area is 121 Å². The minimum atomic E-state index is -4.25. The van der Waals surface area contributed by atoms with Crippen molar-refractivity contribution in [1.82, 2.24) is 10.3 Å². The van der Waals surface area contributed by atoms with Crippen molar-refractivity contribution in [2.24, 2.45) is 5.92 Å². The monoisotopic (exact) mass is 336 g/mol. The average molecular weight is 336 g/mol. The number of nitrogens with one attached hydrogen (secondary N) is 2. The molecule has 7 nitrogen and oxygen atoms in total. The van der Waals surface area contributed by atoms with Crippen LogP contribution in [0.15, 0.2) is 29.2 Å². The Kier molecular flexibility index (Phi) is 4.30. The summed E-state index contributed by atoms with van der Waals surface area (Å²) in [5.74, 6) is -2.94. The Balaban J connectivity index is 2.03. The van der Waals surface area contributed by atoms with Gasteiger partial charge < -0.3 is 0 Å². The van der Waals surface area contributed by atoms with E-state index in [0.29, 0.717) is 0 Å². The molecule has 2 rings (SSSR count). The summed E-state index contributed by atoms with van der Waals surface area (Å²) in [5, 5.41) is 0. The van der Waals surface area contributed by atoms with Crippen LogP contribution in [0.25, 0.3) is 0 Å². The molecule has 0 saturated carbocycles. The van der Waals surface area contributed by atoms with E-state index in [1.807, 2.05) is 5.43 Å². The van der Waals surface area contributed by atoms with Gasteiger partial charge in [0.2, 0.25) is 5.91 Å². The van der Waals surface area contributed by atoms with E-state index in [2.05, 4.69) is 0 Å². The van der Waals surface area contributed by atoms with Crippen LogP contribution in [-0.2, 0) is 24.7 Å². The summed E-state index contributed by atoms with van der Waals surface area (Å²) in [5.41, 5.74) is 1.92. The van der Waals surface area contributed by atoms with Crippen molar-refractivity contribution < 1.29 is 26.0 Å². The Hall–Kier alpha value is -1.52. The van der Waals surface area contributed by atoms with E-state index in [-0.39, 0.29) is 17.9 Å². The minimum absolute atomic E-state index is 0.106. The molecule has 0 spiro atoms. The topological polar surface area (TPSA) is 109 Å². The van der Waals surface area contributed by atoms with Crippen LogP contribution in [0.4, 0.5) is 4.39 Å². The van der Waals surface area contributed by atoms with Crippen LogP contribution in [0, 0.1) is 11.7 Å². The summed E-state index contributed by atoms with van der Waals surface area (Å²) in [6, 6.07) is 4.68. The van der Waals surface area contributed by atoms with E-state index in [1.54, 1.807) is 4.83 Å². The summed E-state index contributed by atoms with van der Waals surface area (Å²) in [6.07, 6.45) is 0.135. The summed E-state index contributed by atoms with van der Waals surface area (Å²) < 4.78 is 59.5. The first kappa shape index (κ1) is 15.9. The van der Waals surface area contributed by atoms with Gasteiger partial charge in [0.05, 0.1) is 17.4 Å². The third kappa shape index (κ3) is 3.77. The zero-order chi connectivity index (χ0) is 15.7. The van der Waals surface area contributed by atoms with Crippen molar-refractivity contribution in [3.05, 3.63) is 30.1 Å². The SMILES string of the molecule is O=C(NNS(=O)(=O)c1ccccc1F)[C@H]1CCS(=O)(=O)C1. The van der Waals surface area contributed by atoms with E-state index >= 15 is 0 Å². The van der Waals surface area contributed by atoms with Crippen LogP contribution >= 0.6 is 0 Å². The van der Waals surface area contributed by atoms with Gasteiger partial charge >= 0.3 is 0 Å². The highest BCUT2D eigenvalue weighted by molar-refractivity contribution is 7.91. The van der Waals surface area contributed by atoms with Crippen molar-refractivity contribution >= 4 is 25.8 Å². The highest BCUT2D eigenvalue weighted by atomic mass is 32.2. The number of carbonyl (C=O) groups is 1. The van der Waals surface area contributed by atoms with Crippen LogP contribution in [0.1, 0.15) is 6.42 Å². The highest BCUT2D eigenvalue weighted by Gasteiger charge is 2.33. The molecule has 10 heteroatoms. The maximum Gasteiger partial charge on any atom is 0.260 e. The number of hydrazine groups is 1. The predicted octanol–water partition coefficient (Wildman–Crippen LogP) is -0.430. The number of amides is 1. The molecule has 1 atom stereocenters. The Morgan fingerprint density at radius 1 is 1.29 bits per heavy atom. The van der Waals surface area contributed by atoms with Crippen molar-refractivity contribution in [3.63, 3.8) is 0 Å². The van der Waals surface area contributed by atoms with E-state index in [0.717, 1.165) is 12.1 Å². The molecule has 0 aliphatic carbocycles. The normalized spacial score (nSPS) is 21.1. The van der Waals surface area contributed by atoms with E-state index < -0.39 is 42.4 Å². The lowest BCUT2D eigenvalue weighted by molar-refractivity contribution is -0.124. The molecule has 0 aromatic heterocycles. The smallest absolute Gasteiger partial charge is 0.260 e. The average Bonchev–Trinajstić information content (AvgIpc) is 2.77. The number of sulfonamides is 1. The second-order valence-corrected chi connectivity index (χ2v) is 8.50. The molecule has 0 unspecified atom stereocenters. The molecule has 2 N–H and O–H groups in total. The summed E-state index contributed by atoms with van der Waals surface area (Å²) in [7, 11) is -7.50. The molecule has 116 valence electrons. The summed E-state index contributed by atoms with van der Waals surface area (Å²) >= 11 is 0. The van der Waals surface area contributed by atoms with Crippen LogP contribution in [0.5, 0.6) is 0 Å². The van der Waals surface area contributed by atoms with Gasteiger partial charge in [0, 0.05) is 0 Å². The third-order valence-electron chi connectivity index (χ3n) is 3.04. The highest BCUT2D eigenvalue weighted by Crippen LogP contribution is 2.18. The van der Waals surface area contributed by atoms with Gasteiger partial charge in [-0.15, -0.1) is 4.83 Å². The predicted molar refractivity (Wildman–Crippen MR) is 71.6 cm³/mol. The second-order valence-electron chi connectivity index (χ2n) is 4.63. The fourth-order valence-electron chi connectivity index (χ4n) is 1.94. The van der Waals surface area contributed by atoms with Gasteiger partial charge in [0.1, 0.15) is 10.7 Å². The molecule has 1 aromatic carbocycles. The molecular formula is C11H13FN2O5S2. The lowest BCUT2D eigenvalue weighted by Crippen LogP contribution is -2.44. The summed E-state index contributed by atoms with van der Waals surface area (Å²) in [6.45, 7) is 0. The molecule has 1 heterocycles. The van der Waals surface area contributed by atoms with Gasteiger partial charge in [-0.1, -0.05) is 12.1 Å². The number of sulfone groups is 1. The van der Waals surface area contributed by atoms with E-state index in [4.69, 9.17) is 0 Å². The zero-order valence-corrected chi connectivity index (χ0v) is 12.4. The molecule has 1 aromatic rings. The molecule has 1 aliphatic heterocycles. The third-order valence-corrected chi connectivity index (χ3v) is 6.09. The van der Waals surface area contributed by atoms with Crippen molar-refractivity contribution in [2.45, 2.75) is 11.3 Å². The molecular weight excluding hydrogens is 323 g/mol. The molecule has 0 radical (unpaired) electrons. The number of hydrogen-bond acceptors (Lipinski definition) is 5. The quantitative estimate of drug-likeness (QED) is 0.725. The summed E-state index contributed by atoms with van der Waals surface area (Å²) in [4.78, 5) is 12.9. The van der Waals surface area contributed by atoms with Crippen molar-refractivity contribution in [3.8, 4) is 0 Å². The molecule has 1 saturated heterocycles. The van der Waals surface area contributed by atoms with E-state index in [9.17, 15) is 26.0 Å². The first-order valence-corrected chi connectivity index (χ1v) is 9.28. The van der Waals surface area contributed by atoms with Gasteiger partial charge in [-0.05, 0) is 18.6 Å². The van der Waals surface area contributed by atoms with E-state index in [1.165, 1.54) is 12.1 Å². The maximum atomic E-state index is 13.4. The fourth-order valence-corrected chi connectivity index (χ4v) is 4.61. The second kappa shape index (κ2) is 5.70. The van der Waals surface area contributed by atoms with Crippen LogP contribution < -0.4 is 10.3 Å². The number of benzene rings is 1. The van der Waals surface area contributed by atoms with Crippen LogP contribution in [0.2, 0.25) is 0 Å². The Morgan fingerprint density at radius 2 is 1.95 bits per heavy atom. The van der Waals surface area contributed by atoms with Crippen LogP contribution in [0.3, 0.4) is 0 Å². The largest absolute Gasteiger partial charge is 0.277 e.